The molecule has 1 aliphatic heterocycles. The van der Waals surface area contributed by atoms with Gasteiger partial charge in [0.25, 0.3) is 0 Å². The fourth-order valence-electron chi connectivity index (χ4n) is 2.61. The van der Waals surface area contributed by atoms with E-state index in [1.165, 1.54) is 11.1 Å². The van der Waals surface area contributed by atoms with Gasteiger partial charge in [0.15, 0.2) is 0 Å². The number of benzene rings is 2. The van der Waals surface area contributed by atoms with Crippen molar-refractivity contribution in [2.24, 2.45) is 0 Å². The van der Waals surface area contributed by atoms with Gasteiger partial charge in [-0.15, -0.1) is 0 Å². The molecule has 2 aromatic rings. The Bertz CT molecular complexity index is 556. The highest BCUT2D eigenvalue weighted by molar-refractivity contribution is 5.31. The summed E-state index contributed by atoms with van der Waals surface area (Å²) in [5.41, 5.74) is 2.66. The molecule has 3 nitrogen and oxygen atoms in total. The van der Waals surface area contributed by atoms with Gasteiger partial charge in [-0.1, -0.05) is 42.5 Å². The average molecular weight is 283 g/mol. The van der Waals surface area contributed by atoms with Crippen LogP contribution in [0.25, 0.3) is 0 Å². The van der Waals surface area contributed by atoms with Gasteiger partial charge < -0.3 is 14.8 Å². The van der Waals surface area contributed by atoms with Gasteiger partial charge in [-0.25, -0.2) is 0 Å². The van der Waals surface area contributed by atoms with Crippen molar-refractivity contribution in [3.05, 3.63) is 65.7 Å². The van der Waals surface area contributed by atoms with Gasteiger partial charge in [0.1, 0.15) is 5.75 Å². The average Bonchev–Trinajstić information content (AvgIpc) is 2.56. The Morgan fingerprint density at radius 2 is 1.86 bits per heavy atom. The third-order valence-electron chi connectivity index (χ3n) is 3.70. The topological polar surface area (TPSA) is 30.5 Å². The van der Waals surface area contributed by atoms with Crippen molar-refractivity contribution in [2.75, 3.05) is 19.8 Å². The number of hydrogen-bond acceptors (Lipinski definition) is 3. The second-order valence-corrected chi connectivity index (χ2v) is 5.24. The molecule has 3 heteroatoms. The second kappa shape index (κ2) is 7.25. The van der Waals surface area contributed by atoms with Crippen molar-refractivity contribution >= 4 is 0 Å². The summed E-state index contributed by atoms with van der Waals surface area (Å²) in [6.07, 6.45) is 0.980. The molecule has 0 radical (unpaired) electrons. The third-order valence-corrected chi connectivity index (χ3v) is 3.70. The highest BCUT2D eigenvalue weighted by Gasteiger charge is 2.19. The summed E-state index contributed by atoms with van der Waals surface area (Å²) in [5.74, 6) is 0.934. The number of para-hydroxylation sites is 1. The number of rotatable bonds is 6. The Kier molecular flexibility index (Phi) is 4.87. The second-order valence-electron chi connectivity index (χ2n) is 5.24. The van der Waals surface area contributed by atoms with Gasteiger partial charge >= 0.3 is 0 Å². The van der Waals surface area contributed by atoms with Crippen LogP contribution in [-0.2, 0) is 11.3 Å². The Hall–Kier alpha value is -1.84. The molecule has 0 fully saturated rings. The molecule has 0 bridgehead atoms. The monoisotopic (exact) mass is 283 g/mol. The lowest BCUT2D eigenvalue weighted by Gasteiger charge is -2.26. The molecule has 1 unspecified atom stereocenters. The van der Waals surface area contributed by atoms with Crippen LogP contribution in [0.4, 0.5) is 0 Å². The molecule has 0 spiro atoms. The molecule has 21 heavy (non-hydrogen) atoms. The smallest absolute Gasteiger partial charge is 0.119 e. The lowest BCUT2D eigenvalue weighted by Crippen LogP contribution is -2.31. The fourth-order valence-corrected chi connectivity index (χ4v) is 2.61. The fraction of sp³-hybridized carbons (Fsp3) is 0.333. The van der Waals surface area contributed by atoms with Crippen molar-refractivity contribution < 1.29 is 9.47 Å². The molecule has 3 rings (SSSR count). The van der Waals surface area contributed by atoms with Gasteiger partial charge in [0, 0.05) is 0 Å². The Morgan fingerprint density at radius 3 is 2.76 bits per heavy atom. The van der Waals surface area contributed by atoms with E-state index in [4.69, 9.17) is 9.47 Å². The van der Waals surface area contributed by atoms with Gasteiger partial charge in [-0.3, -0.25) is 0 Å². The maximum atomic E-state index is 5.69. The third kappa shape index (κ3) is 3.84. The Labute approximate surface area is 125 Å². The summed E-state index contributed by atoms with van der Waals surface area (Å²) in [4.78, 5) is 0. The highest BCUT2D eigenvalue weighted by atomic mass is 16.5. The molecule has 0 saturated heterocycles. The quantitative estimate of drug-likeness (QED) is 0.825. The van der Waals surface area contributed by atoms with Crippen LogP contribution in [0.2, 0.25) is 0 Å². The van der Waals surface area contributed by atoms with E-state index in [1.54, 1.807) is 0 Å². The van der Waals surface area contributed by atoms with E-state index in [0.29, 0.717) is 6.04 Å². The molecule has 2 aromatic carbocycles. The molecule has 0 amide bonds. The van der Waals surface area contributed by atoms with E-state index in [-0.39, 0.29) is 0 Å². The van der Waals surface area contributed by atoms with Crippen molar-refractivity contribution in [1.29, 1.82) is 0 Å². The summed E-state index contributed by atoms with van der Waals surface area (Å²) in [7, 11) is 0. The van der Waals surface area contributed by atoms with Crippen molar-refractivity contribution in [2.45, 2.75) is 19.1 Å². The first-order chi connectivity index (χ1) is 10.4. The van der Waals surface area contributed by atoms with Crippen molar-refractivity contribution in [1.82, 2.24) is 5.32 Å². The summed E-state index contributed by atoms with van der Waals surface area (Å²) < 4.78 is 11.3. The van der Waals surface area contributed by atoms with Crippen LogP contribution >= 0.6 is 0 Å². The van der Waals surface area contributed by atoms with Gasteiger partial charge in [0.05, 0.1) is 25.9 Å². The van der Waals surface area contributed by atoms with Crippen LogP contribution < -0.4 is 10.1 Å². The van der Waals surface area contributed by atoms with E-state index in [2.05, 4.69) is 29.6 Å². The van der Waals surface area contributed by atoms with Crippen LogP contribution in [0.3, 0.4) is 0 Å². The van der Waals surface area contributed by atoms with E-state index in [1.807, 2.05) is 30.3 Å². The number of fused-ring (bicyclic) bond motifs is 1. The van der Waals surface area contributed by atoms with Gasteiger partial charge in [-0.2, -0.15) is 0 Å². The summed E-state index contributed by atoms with van der Waals surface area (Å²) in [6.45, 7) is 3.13. The van der Waals surface area contributed by atoms with E-state index in [0.717, 1.165) is 38.5 Å². The van der Waals surface area contributed by atoms with Crippen molar-refractivity contribution in [3.63, 3.8) is 0 Å². The maximum absolute atomic E-state index is 5.69. The molecule has 0 aromatic heterocycles. The van der Waals surface area contributed by atoms with Crippen LogP contribution in [0.15, 0.2) is 54.6 Å². The first-order valence-electron chi connectivity index (χ1n) is 7.50. The Balaban J connectivity index is 1.42. The van der Waals surface area contributed by atoms with E-state index >= 15 is 0 Å². The molecule has 1 atom stereocenters. The summed E-state index contributed by atoms with van der Waals surface area (Å²) >= 11 is 0. The zero-order chi connectivity index (χ0) is 14.3. The normalized spacial score (nSPS) is 17.2. The first kappa shape index (κ1) is 14.1. The van der Waals surface area contributed by atoms with Crippen LogP contribution in [0.1, 0.15) is 23.6 Å². The van der Waals surface area contributed by atoms with Gasteiger partial charge in [0.2, 0.25) is 0 Å². The lowest BCUT2D eigenvalue weighted by atomic mass is 9.99. The highest BCUT2D eigenvalue weighted by Crippen LogP contribution is 2.24. The maximum Gasteiger partial charge on any atom is 0.119 e. The minimum atomic E-state index is 0.298. The predicted molar refractivity (Wildman–Crippen MR) is 83.4 cm³/mol. The zero-order valence-corrected chi connectivity index (χ0v) is 12.1. The molecule has 110 valence electrons. The van der Waals surface area contributed by atoms with Crippen LogP contribution in [-0.4, -0.2) is 19.8 Å². The minimum absolute atomic E-state index is 0.298. The van der Waals surface area contributed by atoms with Crippen LogP contribution in [0.5, 0.6) is 5.75 Å². The van der Waals surface area contributed by atoms with E-state index in [9.17, 15) is 0 Å². The summed E-state index contributed by atoms with van der Waals surface area (Å²) in [6, 6.07) is 18.7. The minimum Gasteiger partial charge on any atom is -0.494 e. The molecule has 0 aliphatic carbocycles. The first-order valence-corrected chi connectivity index (χ1v) is 7.50. The van der Waals surface area contributed by atoms with Crippen LogP contribution in [0, 0.1) is 0 Å². The number of hydrogen-bond donors (Lipinski definition) is 1. The standard InChI is InChI=1S/C18H21NO2/c1-2-8-16(9-3-1)21-12-6-11-19-18-14-20-13-15-7-4-5-10-17(15)18/h1-5,7-10,18-19H,6,11-14H2. The van der Waals surface area contributed by atoms with Gasteiger partial charge in [-0.05, 0) is 36.2 Å². The largest absolute Gasteiger partial charge is 0.494 e. The number of nitrogens with one attached hydrogen (secondary N) is 1. The SMILES string of the molecule is c1ccc(OCCCNC2COCc3ccccc32)cc1. The molecule has 0 saturated carbocycles. The molecule has 1 aliphatic rings. The van der Waals surface area contributed by atoms with Crippen molar-refractivity contribution in [3.8, 4) is 5.75 Å². The predicted octanol–water partition coefficient (Wildman–Crippen LogP) is 3.32. The summed E-state index contributed by atoms with van der Waals surface area (Å²) in [5, 5.41) is 3.56. The molecular weight excluding hydrogens is 262 g/mol. The molecule has 1 N–H and O–H groups in total. The molecule has 1 heterocycles. The Morgan fingerprint density at radius 1 is 1.05 bits per heavy atom. The molecular formula is C18H21NO2. The lowest BCUT2D eigenvalue weighted by molar-refractivity contribution is 0.0818. The zero-order valence-electron chi connectivity index (χ0n) is 12.1. The van der Waals surface area contributed by atoms with E-state index < -0.39 is 0 Å². The number of ether oxygens (including phenoxy) is 2.